The average molecular weight is 295 g/mol. The Kier molecular flexibility index (Phi) is 3.99. The van der Waals surface area contributed by atoms with Crippen LogP contribution in [0, 0.1) is 6.92 Å². The van der Waals surface area contributed by atoms with E-state index in [0.717, 1.165) is 16.7 Å². The molecule has 4 heteroatoms. The van der Waals surface area contributed by atoms with Crippen LogP contribution in [-0.4, -0.2) is 0 Å². The Morgan fingerprint density at radius 1 is 1.35 bits per heavy atom. The molecular formula is C13H15BrN2O. The molecule has 0 saturated carbocycles. The fraction of sp³-hybridized carbons (Fsp3) is 0.231. The minimum absolute atomic E-state index is 0.0456. The zero-order valence-corrected chi connectivity index (χ0v) is 11.2. The molecule has 0 spiro atoms. The molecule has 0 amide bonds. The van der Waals surface area contributed by atoms with Crippen molar-refractivity contribution in [3.05, 3.63) is 58.0 Å². The molecule has 3 N–H and O–H groups in total. The van der Waals surface area contributed by atoms with Gasteiger partial charge in [0.05, 0.1) is 12.3 Å². The third kappa shape index (κ3) is 2.77. The molecular weight excluding hydrogens is 280 g/mol. The molecule has 1 atom stereocenters. The first-order valence-electron chi connectivity index (χ1n) is 5.46. The molecule has 0 aliphatic heterocycles. The minimum atomic E-state index is 0.0456. The highest BCUT2D eigenvalue weighted by molar-refractivity contribution is 9.10. The molecule has 17 heavy (non-hydrogen) atoms. The van der Waals surface area contributed by atoms with E-state index in [-0.39, 0.29) is 6.04 Å². The first kappa shape index (κ1) is 12.4. The summed E-state index contributed by atoms with van der Waals surface area (Å²) in [6, 6.07) is 10.3. The summed E-state index contributed by atoms with van der Waals surface area (Å²) in [7, 11) is 0. The fourth-order valence-electron chi connectivity index (χ4n) is 1.87. The number of nitrogens with one attached hydrogen (secondary N) is 1. The van der Waals surface area contributed by atoms with Crippen molar-refractivity contribution in [1.29, 1.82) is 0 Å². The lowest BCUT2D eigenvalue weighted by atomic mass is 9.98. The Labute approximate surface area is 109 Å². The van der Waals surface area contributed by atoms with E-state index in [1.54, 1.807) is 6.26 Å². The van der Waals surface area contributed by atoms with E-state index in [1.807, 2.05) is 18.2 Å². The van der Waals surface area contributed by atoms with Gasteiger partial charge in [0.2, 0.25) is 0 Å². The van der Waals surface area contributed by atoms with Crippen LogP contribution in [0.4, 0.5) is 0 Å². The topological polar surface area (TPSA) is 51.2 Å². The summed E-state index contributed by atoms with van der Waals surface area (Å²) < 4.78 is 5.97. The van der Waals surface area contributed by atoms with Gasteiger partial charge in [-0.15, -0.1) is 0 Å². The van der Waals surface area contributed by atoms with Gasteiger partial charge in [0.15, 0.2) is 4.67 Å². The third-order valence-electron chi connectivity index (χ3n) is 2.91. The number of furan rings is 1. The number of hydrazine groups is 1. The Morgan fingerprint density at radius 2 is 2.12 bits per heavy atom. The van der Waals surface area contributed by atoms with Crippen molar-refractivity contribution in [2.75, 3.05) is 0 Å². The van der Waals surface area contributed by atoms with Crippen molar-refractivity contribution in [1.82, 2.24) is 5.43 Å². The first-order chi connectivity index (χ1) is 8.22. The van der Waals surface area contributed by atoms with Crippen LogP contribution in [0.2, 0.25) is 0 Å². The highest BCUT2D eigenvalue weighted by Crippen LogP contribution is 2.27. The quantitative estimate of drug-likeness (QED) is 0.673. The molecule has 0 fully saturated rings. The second-order valence-corrected chi connectivity index (χ2v) is 4.72. The second kappa shape index (κ2) is 5.49. The van der Waals surface area contributed by atoms with Crippen LogP contribution in [0.25, 0.3) is 0 Å². The van der Waals surface area contributed by atoms with Gasteiger partial charge in [-0.3, -0.25) is 11.3 Å². The van der Waals surface area contributed by atoms with Gasteiger partial charge >= 0.3 is 0 Å². The van der Waals surface area contributed by atoms with Crippen LogP contribution >= 0.6 is 15.9 Å². The van der Waals surface area contributed by atoms with Gasteiger partial charge in [-0.05, 0) is 46.5 Å². The minimum Gasteiger partial charge on any atom is -0.457 e. The number of rotatable bonds is 4. The predicted molar refractivity (Wildman–Crippen MR) is 71.4 cm³/mol. The van der Waals surface area contributed by atoms with Crippen molar-refractivity contribution >= 4 is 15.9 Å². The van der Waals surface area contributed by atoms with Gasteiger partial charge in [-0.1, -0.05) is 24.3 Å². The Bertz CT molecular complexity index is 496. The summed E-state index contributed by atoms with van der Waals surface area (Å²) in [5.41, 5.74) is 6.42. The Morgan fingerprint density at radius 3 is 2.71 bits per heavy atom. The molecule has 1 unspecified atom stereocenters. The number of nitrogens with two attached hydrogens (primary N) is 1. The summed E-state index contributed by atoms with van der Waals surface area (Å²) in [6.07, 6.45) is 2.49. The fourth-order valence-corrected chi connectivity index (χ4v) is 2.39. The number of halogens is 1. The molecule has 1 aromatic carbocycles. The van der Waals surface area contributed by atoms with Crippen LogP contribution in [0.3, 0.4) is 0 Å². The van der Waals surface area contributed by atoms with Crippen molar-refractivity contribution < 1.29 is 4.42 Å². The van der Waals surface area contributed by atoms with E-state index in [1.165, 1.54) is 11.1 Å². The van der Waals surface area contributed by atoms with E-state index in [9.17, 15) is 0 Å². The van der Waals surface area contributed by atoms with E-state index in [2.05, 4.69) is 40.4 Å². The standard InChI is InChI=1S/C13H15BrN2O/c1-9-4-2-3-5-10(9)8-12(16-15)11-6-7-17-13(11)14/h2-7,12,16H,8,15H2,1H3. The molecule has 90 valence electrons. The Hall–Kier alpha value is -1.10. The van der Waals surface area contributed by atoms with Gasteiger partial charge in [0.25, 0.3) is 0 Å². The largest absolute Gasteiger partial charge is 0.457 e. The van der Waals surface area contributed by atoms with Crippen molar-refractivity contribution in [2.45, 2.75) is 19.4 Å². The van der Waals surface area contributed by atoms with Crippen LogP contribution < -0.4 is 11.3 Å². The molecule has 0 saturated heterocycles. The van der Waals surface area contributed by atoms with E-state index < -0.39 is 0 Å². The highest BCUT2D eigenvalue weighted by atomic mass is 79.9. The third-order valence-corrected chi connectivity index (χ3v) is 3.55. The van der Waals surface area contributed by atoms with Crippen LogP contribution in [-0.2, 0) is 6.42 Å². The molecule has 0 aliphatic rings. The number of benzene rings is 1. The monoisotopic (exact) mass is 294 g/mol. The van der Waals surface area contributed by atoms with E-state index in [0.29, 0.717) is 0 Å². The maximum atomic E-state index is 5.62. The van der Waals surface area contributed by atoms with Gasteiger partial charge in [0, 0.05) is 5.56 Å². The first-order valence-corrected chi connectivity index (χ1v) is 6.25. The van der Waals surface area contributed by atoms with Crippen molar-refractivity contribution in [2.24, 2.45) is 5.84 Å². The molecule has 1 heterocycles. The van der Waals surface area contributed by atoms with Crippen LogP contribution in [0.1, 0.15) is 22.7 Å². The van der Waals surface area contributed by atoms with Crippen LogP contribution in [0.5, 0.6) is 0 Å². The smallest absolute Gasteiger partial charge is 0.173 e. The number of hydrogen-bond acceptors (Lipinski definition) is 3. The molecule has 2 rings (SSSR count). The molecule has 2 aromatic rings. The molecule has 0 aliphatic carbocycles. The number of hydrogen-bond donors (Lipinski definition) is 2. The molecule has 3 nitrogen and oxygen atoms in total. The lowest BCUT2D eigenvalue weighted by Crippen LogP contribution is -2.29. The molecule has 1 aromatic heterocycles. The zero-order valence-electron chi connectivity index (χ0n) is 9.61. The van der Waals surface area contributed by atoms with Gasteiger partial charge in [-0.25, -0.2) is 0 Å². The second-order valence-electron chi connectivity index (χ2n) is 4.00. The zero-order chi connectivity index (χ0) is 12.3. The average Bonchev–Trinajstić information content (AvgIpc) is 2.75. The summed E-state index contributed by atoms with van der Waals surface area (Å²) in [5.74, 6) is 5.62. The molecule has 0 radical (unpaired) electrons. The predicted octanol–water partition coefficient (Wildman–Crippen LogP) is 3.10. The van der Waals surface area contributed by atoms with E-state index in [4.69, 9.17) is 10.3 Å². The normalized spacial score (nSPS) is 12.6. The van der Waals surface area contributed by atoms with Gasteiger partial charge in [-0.2, -0.15) is 0 Å². The summed E-state index contributed by atoms with van der Waals surface area (Å²) in [5, 5.41) is 0. The Balaban J connectivity index is 2.22. The summed E-state index contributed by atoms with van der Waals surface area (Å²) in [6.45, 7) is 2.10. The highest BCUT2D eigenvalue weighted by Gasteiger charge is 2.16. The summed E-state index contributed by atoms with van der Waals surface area (Å²) in [4.78, 5) is 0. The van der Waals surface area contributed by atoms with E-state index >= 15 is 0 Å². The maximum absolute atomic E-state index is 5.62. The SMILES string of the molecule is Cc1ccccc1CC(NN)c1ccoc1Br. The lowest BCUT2D eigenvalue weighted by molar-refractivity contribution is 0.506. The lowest BCUT2D eigenvalue weighted by Gasteiger charge is -2.16. The summed E-state index contributed by atoms with van der Waals surface area (Å²) >= 11 is 3.38. The van der Waals surface area contributed by atoms with Crippen molar-refractivity contribution in [3.63, 3.8) is 0 Å². The number of aryl methyl sites for hydroxylation is 1. The molecule has 0 bridgehead atoms. The van der Waals surface area contributed by atoms with Gasteiger partial charge in [0.1, 0.15) is 0 Å². The van der Waals surface area contributed by atoms with Crippen LogP contribution in [0.15, 0.2) is 45.7 Å². The van der Waals surface area contributed by atoms with Crippen molar-refractivity contribution in [3.8, 4) is 0 Å². The van der Waals surface area contributed by atoms with Gasteiger partial charge < -0.3 is 4.42 Å². The maximum Gasteiger partial charge on any atom is 0.173 e.